The van der Waals surface area contributed by atoms with Crippen molar-refractivity contribution in [2.24, 2.45) is 20.9 Å². The average molecular weight is 265 g/mol. The molecule has 0 aromatic heterocycles. The highest BCUT2D eigenvalue weighted by molar-refractivity contribution is 6.05. The fourth-order valence-corrected chi connectivity index (χ4v) is 2.37. The van der Waals surface area contributed by atoms with Crippen molar-refractivity contribution in [1.29, 1.82) is 0 Å². The summed E-state index contributed by atoms with van der Waals surface area (Å²) < 4.78 is 0. The van der Waals surface area contributed by atoms with Crippen LogP contribution in [0.25, 0.3) is 0 Å². The summed E-state index contributed by atoms with van der Waals surface area (Å²) in [7, 11) is 1.71. The minimum absolute atomic E-state index is 0.393. The lowest BCUT2D eigenvalue weighted by Crippen LogP contribution is -2.03. The Morgan fingerprint density at radius 3 is 2.65 bits per heavy atom. The van der Waals surface area contributed by atoms with Gasteiger partial charge in [0.2, 0.25) is 0 Å². The molecule has 0 spiro atoms. The van der Waals surface area contributed by atoms with Crippen LogP contribution in [0.1, 0.15) is 24.0 Å². The predicted molar refractivity (Wildman–Crippen MR) is 87.1 cm³/mol. The summed E-state index contributed by atoms with van der Waals surface area (Å²) >= 11 is 0. The number of hydrogen-bond acceptors (Lipinski definition) is 2. The normalized spacial score (nSPS) is 18.9. The lowest BCUT2D eigenvalue weighted by molar-refractivity contribution is 0.677. The minimum Gasteiger partial charge on any atom is -0.270 e. The monoisotopic (exact) mass is 265 g/mol. The third-order valence-corrected chi connectivity index (χ3v) is 3.48. The predicted octanol–water partition coefficient (Wildman–Crippen LogP) is 3.66. The van der Waals surface area contributed by atoms with Gasteiger partial charge in [-0.25, -0.2) is 4.99 Å². The molecule has 1 atom stereocenters. The van der Waals surface area contributed by atoms with Crippen molar-refractivity contribution in [3.63, 3.8) is 0 Å². The largest absolute Gasteiger partial charge is 0.270 e. The first kappa shape index (κ1) is 14.1. The standard InChI is InChI=1S/C17H19N3/c1-5-6-15-11-16(20-12(15)2)13-7-9-14(10-8-13)17(18-3)19-4/h5,7-10,15H,1-3,6,11H2,4H3/t15-/m0/s1. The highest BCUT2D eigenvalue weighted by Gasteiger charge is 2.22. The average Bonchev–Trinajstić information content (AvgIpc) is 2.83. The number of benzene rings is 1. The summed E-state index contributed by atoms with van der Waals surface area (Å²) in [5.74, 6) is 1.05. The number of rotatable bonds is 4. The summed E-state index contributed by atoms with van der Waals surface area (Å²) in [6.07, 6.45) is 3.78. The first-order valence-electron chi connectivity index (χ1n) is 6.61. The zero-order valence-corrected chi connectivity index (χ0v) is 11.8. The van der Waals surface area contributed by atoms with Crippen molar-refractivity contribution in [3.05, 3.63) is 60.3 Å². The van der Waals surface area contributed by atoms with Gasteiger partial charge in [0.05, 0.1) is 0 Å². The van der Waals surface area contributed by atoms with E-state index in [1.807, 2.05) is 30.3 Å². The Kier molecular flexibility index (Phi) is 4.41. The molecule has 102 valence electrons. The molecule has 0 N–H and O–H groups in total. The molecule has 0 amide bonds. The van der Waals surface area contributed by atoms with Crippen LogP contribution in [0.3, 0.4) is 0 Å². The molecule has 1 aliphatic rings. The van der Waals surface area contributed by atoms with Gasteiger partial charge in [-0.3, -0.25) is 9.98 Å². The van der Waals surface area contributed by atoms with Crippen molar-refractivity contribution in [1.82, 2.24) is 0 Å². The van der Waals surface area contributed by atoms with Crippen LogP contribution >= 0.6 is 0 Å². The third-order valence-electron chi connectivity index (χ3n) is 3.48. The van der Waals surface area contributed by atoms with Crippen LogP contribution in [0, 0.1) is 5.92 Å². The van der Waals surface area contributed by atoms with E-state index in [2.05, 4.69) is 34.9 Å². The van der Waals surface area contributed by atoms with E-state index >= 15 is 0 Å². The van der Waals surface area contributed by atoms with Gasteiger partial charge in [-0.05, 0) is 25.1 Å². The molecule has 1 aliphatic heterocycles. The van der Waals surface area contributed by atoms with Crippen molar-refractivity contribution < 1.29 is 0 Å². The molecule has 1 heterocycles. The van der Waals surface area contributed by atoms with Crippen LogP contribution in [-0.2, 0) is 0 Å². The SMILES string of the molecule is C=CC[C@H]1CC(c2ccc(C(N=C)=NC)cc2)=NC1=C. The smallest absolute Gasteiger partial charge is 0.153 e. The molecule has 0 unspecified atom stereocenters. The van der Waals surface area contributed by atoms with Gasteiger partial charge in [-0.2, -0.15) is 0 Å². The number of hydrogen-bond donors (Lipinski definition) is 0. The van der Waals surface area contributed by atoms with Gasteiger partial charge < -0.3 is 0 Å². The molecule has 0 aliphatic carbocycles. The van der Waals surface area contributed by atoms with Crippen LogP contribution < -0.4 is 0 Å². The zero-order chi connectivity index (χ0) is 14.5. The maximum absolute atomic E-state index is 4.58. The van der Waals surface area contributed by atoms with Crippen LogP contribution in [0.5, 0.6) is 0 Å². The van der Waals surface area contributed by atoms with E-state index in [0.29, 0.717) is 11.8 Å². The Balaban J connectivity index is 2.20. The van der Waals surface area contributed by atoms with Crippen molar-refractivity contribution in [2.75, 3.05) is 7.05 Å². The van der Waals surface area contributed by atoms with Gasteiger partial charge in [0.25, 0.3) is 0 Å². The number of amidine groups is 1. The van der Waals surface area contributed by atoms with Crippen LogP contribution in [-0.4, -0.2) is 25.3 Å². The van der Waals surface area contributed by atoms with Gasteiger partial charge in [-0.15, -0.1) is 6.58 Å². The van der Waals surface area contributed by atoms with Crippen LogP contribution in [0.4, 0.5) is 0 Å². The van der Waals surface area contributed by atoms with Gasteiger partial charge >= 0.3 is 0 Å². The fraction of sp³-hybridized carbons (Fsp3) is 0.235. The second kappa shape index (κ2) is 6.24. The molecule has 0 radical (unpaired) electrons. The lowest BCUT2D eigenvalue weighted by Gasteiger charge is -2.06. The molecule has 2 rings (SSSR count). The second-order valence-corrected chi connectivity index (χ2v) is 4.76. The van der Waals surface area contributed by atoms with E-state index in [1.54, 1.807) is 7.05 Å². The maximum Gasteiger partial charge on any atom is 0.153 e. The van der Waals surface area contributed by atoms with E-state index in [1.165, 1.54) is 0 Å². The van der Waals surface area contributed by atoms with E-state index in [-0.39, 0.29) is 0 Å². The summed E-state index contributed by atoms with van der Waals surface area (Å²) in [5, 5.41) is 0. The van der Waals surface area contributed by atoms with Crippen LogP contribution in [0.2, 0.25) is 0 Å². The summed E-state index contributed by atoms with van der Waals surface area (Å²) in [6, 6.07) is 8.10. The molecule has 3 nitrogen and oxygen atoms in total. The molecule has 0 fully saturated rings. The van der Waals surface area contributed by atoms with Gasteiger partial charge in [0.1, 0.15) is 0 Å². The summed E-state index contributed by atoms with van der Waals surface area (Å²) in [6.45, 7) is 11.3. The molecule has 3 heteroatoms. The van der Waals surface area contributed by atoms with Crippen molar-refractivity contribution >= 4 is 18.3 Å². The lowest BCUT2D eigenvalue weighted by atomic mass is 9.96. The van der Waals surface area contributed by atoms with Crippen molar-refractivity contribution in [3.8, 4) is 0 Å². The van der Waals surface area contributed by atoms with Gasteiger partial charge in [0.15, 0.2) is 5.84 Å². The van der Waals surface area contributed by atoms with E-state index < -0.39 is 0 Å². The Bertz CT molecular complexity index is 591. The topological polar surface area (TPSA) is 37.1 Å². The van der Waals surface area contributed by atoms with Gasteiger partial charge in [0, 0.05) is 29.9 Å². The van der Waals surface area contributed by atoms with E-state index in [9.17, 15) is 0 Å². The molecule has 0 saturated carbocycles. The molecular formula is C17H19N3. The molecular weight excluding hydrogens is 246 g/mol. The highest BCUT2D eigenvalue weighted by Crippen LogP contribution is 2.29. The minimum atomic E-state index is 0.393. The third kappa shape index (κ3) is 2.82. The van der Waals surface area contributed by atoms with Crippen molar-refractivity contribution in [2.45, 2.75) is 12.8 Å². The zero-order valence-electron chi connectivity index (χ0n) is 11.8. The maximum atomic E-state index is 4.58. The fourth-order valence-electron chi connectivity index (χ4n) is 2.37. The summed E-state index contributed by atoms with van der Waals surface area (Å²) in [5.41, 5.74) is 4.13. The first-order chi connectivity index (χ1) is 9.69. The molecule has 0 bridgehead atoms. The molecule has 1 aromatic carbocycles. The van der Waals surface area contributed by atoms with E-state index in [4.69, 9.17) is 0 Å². The Hall–Kier alpha value is -2.29. The first-order valence-corrected chi connectivity index (χ1v) is 6.61. The molecule has 20 heavy (non-hydrogen) atoms. The molecule has 1 aromatic rings. The molecule has 0 saturated heterocycles. The number of aliphatic imine (C=N–C) groups is 3. The Morgan fingerprint density at radius 2 is 2.10 bits per heavy atom. The number of allylic oxidation sites excluding steroid dienone is 2. The van der Waals surface area contributed by atoms with Gasteiger partial charge in [-0.1, -0.05) is 36.9 Å². The quantitative estimate of drug-likeness (QED) is 0.452. The second-order valence-electron chi connectivity index (χ2n) is 4.76. The Morgan fingerprint density at radius 1 is 1.40 bits per heavy atom. The van der Waals surface area contributed by atoms with Crippen LogP contribution in [0.15, 0.2) is 64.2 Å². The Labute approximate surface area is 120 Å². The van der Waals surface area contributed by atoms with E-state index in [0.717, 1.165) is 35.4 Å². The highest BCUT2D eigenvalue weighted by atomic mass is 14.9. The number of nitrogens with zero attached hydrogens (tertiary/aromatic N) is 3. The summed E-state index contributed by atoms with van der Waals surface area (Å²) in [4.78, 5) is 12.6.